The normalized spacial score (nSPS) is 11.0. The van der Waals surface area contributed by atoms with Gasteiger partial charge in [0.05, 0.1) is 0 Å². The zero-order chi connectivity index (χ0) is 25.1. The first-order chi connectivity index (χ1) is 15.3. The number of ether oxygens (including phenoxy) is 2. The van der Waals surface area contributed by atoms with Gasteiger partial charge in [0.25, 0.3) is 0 Å². The molecule has 2 rings (SSSR count). The van der Waals surface area contributed by atoms with Crippen molar-refractivity contribution < 1.29 is 24.2 Å². The average Bonchev–Trinajstić information content (AvgIpc) is 2.64. The molecule has 0 unspecified atom stereocenters. The third kappa shape index (κ3) is 13.7. The quantitative estimate of drug-likeness (QED) is 0.568. The molecule has 33 heavy (non-hydrogen) atoms. The van der Waals surface area contributed by atoms with E-state index in [0.717, 1.165) is 17.5 Å². The molecule has 2 aromatic rings. The summed E-state index contributed by atoms with van der Waals surface area (Å²) in [4.78, 5) is 30.9. The molecule has 182 valence electrons. The maximum atomic E-state index is 11.5. The molecule has 0 aliphatic carbocycles. The Kier molecular flexibility index (Phi) is 10.7. The van der Waals surface area contributed by atoms with Crippen LogP contribution in [0.5, 0.6) is 0 Å². The minimum atomic E-state index is -0.529. The molecule has 0 aromatic carbocycles. The van der Waals surface area contributed by atoms with Crippen LogP contribution in [0.3, 0.4) is 0 Å². The lowest BCUT2D eigenvalue weighted by Crippen LogP contribution is -2.27. The van der Waals surface area contributed by atoms with Crippen LogP contribution in [0.15, 0.2) is 36.7 Å². The number of nitrogens with zero attached hydrogens (tertiary/aromatic N) is 2. The van der Waals surface area contributed by atoms with Gasteiger partial charge in [-0.15, -0.1) is 0 Å². The predicted octanol–water partition coefficient (Wildman–Crippen LogP) is 5.09. The highest BCUT2D eigenvalue weighted by molar-refractivity contribution is 5.84. The first-order valence-corrected chi connectivity index (χ1v) is 10.8. The van der Waals surface area contributed by atoms with E-state index in [1.54, 1.807) is 45.3 Å². The van der Waals surface area contributed by atoms with Crippen molar-refractivity contribution in [1.82, 2.24) is 9.97 Å². The molecule has 0 atom stereocenters. The molecule has 0 saturated carbocycles. The summed E-state index contributed by atoms with van der Waals surface area (Å²) < 4.78 is 10.2. The lowest BCUT2D eigenvalue weighted by atomic mass is 10.1. The number of aliphatic hydroxyl groups is 1. The SMILES string of the molecule is CC(C)(C)OC(=O)Nc1cc(CCCO)ccn1.Cc1ccnc(NC(=O)OC(C)(C)C)c1. The Hall–Kier alpha value is -3.20. The van der Waals surface area contributed by atoms with E-state index in [1.165, 1.54) is 0 Å². The molecule has 0 spiro atoms. The van der Waals surface area contributed by atoms with Crippen LogP contribution in [-0.2, 0) is 15.9 Å². The monoisotopic (exact) mass is 460 g/mol. The Morgan fingerprint density at radius 1 is 0.879 bits per heavy atom. The molecule has 0 saturated heterocycles. The molecule has 2 aromatic heterocycles. The maximum Gasteiger partial charge on any atom is 0.413 e. The number of rotatable bonds is 5. The molecular formula is C24H36N4O5. The van der Waals surface area contributed by atoms with Crippen LogP contribution in [0.25, 0.3) is 0 Å². The molecule has 3 N–H and O–H groups in total. The fourth-order valence-corrected chi connectivity index (χ4v) is 2.40. The Labute approximate surface area is 195 Å². The number of pyridine rings is 2. The van der Waals surface area contributed by atoms with Crippen molar-refractivity contribution in [2.75, 3.05) is 17.2 Å². The van der Waals surface area contributed by atoms with E-state index >= 15 is 0 Å². The van der Waals surface area contributed by atoms with Crippen molar-refractivity contribution in [2.45, 2.75) is 72.5 Å². The van der Waals surface area contributed by atoms with Gasteiger partial charge in [0.15, 0.2) is 0 Å². The molecular weight excluding hydrogens is 424 g/mol. The maximum absolute atomic E-state index is 11.5. The van der Waals surface area contributed by atoms with Gasteiger partial charge >= 0.3 is 12.2 Å². The fourth-order valence-electron chi connectivity index (χ4n) is 2.40. The van der Waals surface area contributed by atoms with E-state index in [4.69, 9.17) is 14.6 Å². The van der Waals surface area contributed by atoms with Crippen LogP contribution >= 0.6 is 0 Å². The number of carbonyl (C=O) groups excluding carboxylic acids is 2. The first-order valence-electron chi connectivity index (χ1n) is 10.8. The van der Waals surface area contributed by atoms with Crippen molar-refractivity contribution in [2.24, 2.45) is 0 Å². The van der Waals surface area contributed by atoms with E-state index in [2.05, 4.69) is 20.6 Å². The highest BCUT2D eigenvalue weighted by atomic mass is 16.6. The number of nitrogens with one attached hydrogen (secondary N) is 2. The zero-order valence-electron chi connectivity index (χ0n) is 20.6. The van der Waals surface area contributed by atoms with Gasteiger partial charge in [-0.1, -0.05) is 0 Å². The lowest BCUT2D eigenvalue weighted by molar-refractivity contribution is 0.0624. The number of aryl methyl sites for hydroxylation is 2. The van der Waals surface area contributed by atoms with Gasteiger partial charge in [0.2, 0.25) is 0 Å². The van der Waals surface area contributed by atoms with Gasteiger partial charge in [-0.2, -0.15) is 0 Å². The summed E-state index contributed by atoms with van der Waals surface area (Å²) in [7, 11) is 0. The number of hydrogen-bond donors (Lipinski definition) is 3. The number of amides is 2. The second kappa shape index (κ2) is 12.7. The van der Waals surface area contributed by atoms with Crippen LogP contribution in [0.2, 0.25) is 0 Å². The van der Waals surface area contributed by atoms with E-state index in [1.807, 2.05) is 39.8 Å². The van der Waals surface area contributed by atoms with E-state index in [9.17, 15) is 9.59 Å². The molecule has 0 radical (unpaired) electrons. The van der Waals surface area contributed by atoms with E-state index < -0.39 is 23.4 Å². The summed E-state index contributed by atoms with van der Waals surface area (Å²) in [6.45, 7) is 12.9. The molecule has 0 aliphatic heterocycles. The van der Waals surface area contributed by atoms with E-state index in [-0.39, 0.29) is 6.61 Å². The number of carbonyl (C=O) groups is 2. The minimum Gasteiger partial charge on any atom is -0.444 e. The van der Waals surface area contributed by atoms with Crippen molar-refractivity contribution in [3.05, 3.63) is 47.8 Å². The third-order valence-corrected chi connectivity index (χ3v) is 3.62. The van der Waals surface area contributed by atoms with Crippen molar-refractivity contribution in [3.8, 4) is 0 Å². The van der Waals surface area contributed by atoms with Gasteiger partial charge in [-0.3, -0.25) is 10.6 Å². The van der Waals surface area contributed by atoms with Crippen LogP contribution in [-0.4, -0.2) is 45.1 Å². The number of anilines is 2. The van der Waals surface area contributed by atoms with Crippen LogP contribution in [0.4, 0.5) is 21.2 Å². The average molecular weight is 461 g/mol. The van der Waals surface area contributed by atoms with Gasteiger partial charge in [-0.25, -0.2) is 19.6 Å². The highest BCUT2D eigenvalue weighted by Gasteiger charge is 2.17. The van der Waals surface area contributed by atoms with Crippen molar-refractivity contribution in [3.63, 3.8) is 0 Å². The van der Waals surface area contributed by atoms with Crippen LogP contribution < -0.4 is 10.6 Å². The minimum absolute atomic E-state index is 0.150. The second-order valence-electron chi connectivity index (χ2n) is 9.35. The van der Waals surface area contributed by atoms with Gasteiger partial charge in [0.1, 0.15) is 22.8 Å². The van der Waals surface area contributed by atoms with Gasteiger partial charge < -0.3 is 14.6 Å². The smallest absolute Gasteiger partial charge is 0.413 e. The molecule has 2 amide bonds. The first kappa shape index (κ1) is 27.8. The van der Waals surface area contributed by atoms with Crippen LogP contribution in [0.1, 0.15) is 59.1 Å². The molecule has 0 aliphatic rings. The standard InChI is InChI=1S/C13H20N2O3.C11H16N2O2/c1-13(2,3)18-12(17)15-11-9-10(5-4-8-16)6-7-14-11;1-8-5-6-12-9(7-8)13-10(14)15-11(2,3)4/h6-7,9,16H,4-5,8H2,1-3H3,(H,14,15,17);5-7H,1-4H3,(H,12,13,14). The molecule has 0 bridgehead atoms. The predicted molar refractivity (Wildman–Crippen MR) is 128 cm³/mol. The summed E-state index contributed by atoms with van der Waals surface area (Å²) in [5.41, 5.74) is 1.04. The lowest BCUT2D eigenvalue weighted by Gasteiger charge is -2.19. The van der Waals surface area contributed by atoms with Crippen molar-refractivity contribution >= 4 is 23.8 Å². The largest absolute Gasteiger partial charge is 0.444 e. The molecule has 2 heterocycles. The molecule has 9 nitrogen and oxygen atoms in total. The number of hydrogen-bond acceptors (Lipinski definition) is 7. The summed E-state index contributed by atoms with van der Waals surface area (Å²) in [6, 6.07) is 7.28. The highest BCUT2D eigenvalue weighted by Crippen LogP contribution is 2.13. The third-order valence-electron chi connectivity index (χ3n) is 3.62. The summed E-state index contributed by atoms with van der Waals surface area (Å²) in [6.07, 6.45) is 3.70. The number of aliphatic hydroxyl groups excluding tert-OH is 1. The Morgan fingerprint density at radius 2 is 1.36 bits per heavy atom. The summed E-state index contributed by atoms with van der Waals surface area (Å²) >= 11 is 0. The van der Waals surface area contributed by atoms with Gasteiger partial charge in [-0.05, 0) is 96.7 Å². The number of aromatic nitrogens is 2. The summed E-state index contributed by atoms with van der Waals surface area (Å²) in [5.74, 6) is 0.962. The topological polar surface area (TPSA) is 123 Å². The molecule has 0 fully saturated rings. The van der Waals surface area contributed by atoms with E-state index in [0.29, 0.717) is 18.1 Å². The Morgan fingerprint density at radius 3 is 1.82 bits per heavy atom. The second-order valence-corrected chi connectivity index (χ2v) is 9.35. The van der Waals surface area contributed by atoms with Gasteiger partial charge in [0, 0.05) is 19.0 Å². The molecule has 9 heteroatoms. The Balaban J connectivity index is 0.000000335. The summed E-state index contributed by atoms with van der Waals surface area (Å²) in [5, 5.41) is 13.9. The fraction of sp³-hybridized carbons (Fsp3) is 0.500. The van der Waals surface area contributed by atoms with Crippen LogP contribution in [0, 0.1) is 6.92 Å². The zero-order valence-corrected chi connectivity index (χ0v) is 20.6. The van der Waals surface area contributed by atoms with Crippen molar-refractivity contribution in [1.29, 1.82) is 0 Å². The Bertz CT molecular complexity index is 904.